The van der Waals surface area contributed by atoms with E-state index in [1.807, 2.05) is 24.3 Å². The number of benzene rings is 2. The monoisotopic (exact) mass is 431 g/mol. The van der Waals surface area contributed by atoms with E-state index in [4.69, 9.17) is 0 Å². The van der Waals surface area contributed by atoms with E-state index in [0.717, 1.165) is 16.1 Å². The van der Waals surface area contributed by atoms with Crippen molar-refractivity contribution in [3.63, 3.8) is 0 Å². The molecule has 30 heavy (non-hydrogen) atoms. The quantitative estimate of drug-likeness (QED) is 0.517. The van der Waals surface area contributed by atoms with Gasteiger partial charge in [-0.1, -0.05) is 37.3 Å². The summed E-state index contributed by atoms with van der Waals surface area (Å²) < 4.78 is 26.5. The van der Waals surface area contributed by atoms with Crippen molar-refractivity contribution in [3.05, 3.63) is 69.3 Å². The number of hydrogen-bond acceptors (Lipinski definition) is 5. The van der Waals surface area contributed by atoms with Gasteiger partial charge >= 0.3 is 0 Å². The van der Waals surface area contributed by atoms with Crippen molar-refractivity contribution >= 4 is 27.3 Å². The summed E-state index contributed by atoms with van der Waals surface area (Å²) in [5, 5.41) is 11.2. The molecule has 0 saturated heterocycles. The highest BCUT2D eigenvalue weighted by molar-refractivity contribution is 7.92. The molecule has 8 nitrogen and oxygen atoms in total. The largest absolute Gasteiger partial charge is 0.336 e. The van der Waals surface area contributed by atoms with Crippen LogP contribution in [0.1, 0.15) is 30.0 Å². The summed E-state index contributed by atoms with van der Waals surface area (Å²) in [5.41, 5.74) is 2.71. The van der Waals surface area contributed by atoms with Crippen LogP contribution in [-0.2, 0) is 27.8 Å². The summed E-state index contributed by atoms with van der Waals surface area (Å²) in [6.45, 7) is 4.33. The number of carbonyl (C=O) groups excluding carboxylic acids is 1. The van der Waals surface area contributed by atoms with E-state index in [1.54, 1.807) is 18.7 Å². The van der Waals surface area contributed by atoms with Crippen LogP contribution in [0.25, 0.3) is 0 Å². The Hall–Kier alpha value is -2.94. The van der Waals surface area contributed by atoms with E-state index >= 15 is 0 Å². The average Bonchev–Trinajstić information content (AvgIpc) is 2.70. The molecule has 0 bridgehead atoms. The normalized spacial score (nSPS) is 14.7. The Labute approximate surface area is 176 Å². The molecule has 0 saturated carbocycles. The highest BCUT2D eigenvalue weighted by Crippen LogP contribution is 2.31. The fourth-order valence-corrected chi connectivity index (χ4v) is 5.12. The lowest BCUT2D eigenvalue weighted by molar-refractivity contribution is -0.384. The van der Waals surface area contributed by atoms with E-state index < -0.39 is 21.0 Å². The van der Waals surface area contributed by atoms with Crippen LogP contribution < -0.4 is 4.31 Å². The van der Waals surface area contributed by atoms with Gasteiger partial charge in [-0.25, -0.2) is 8.42 Å². The third-order valence-corrected chi connectivity index (χ3v) is 6.56. The maximum absolute atomic E-state index is 13.4. The number of aryl methyl sites for hydroxylation is 1. The Morgan fingerprint density at radius 2 is 1.90 bits per heavy atom. The maximum atomic E-state index is 13.4. The van der Waals surface area contributed by atoms with E-state index in [0.29, 0.717) is 25.1 Å². The first-order valence-electron chi connectivity index (χ1n) is 9.73. The molecule has 1 atom stereocenters. The van der Waals surface area contributed by atoms with Gasteiger partial charge in [-0.15, -0.1) is 0 Å². The number of carbonyl (C=O) groups is 1. The zero-order chi connectivity index (χ0) is 22.1. The van der Waals surface area contributed by atoms with Gasteiger partial charge in [0.1, 0.15) is 6.04 Å². The lowest BCUT2D eigenvalue weighted by Crippen LogP contribution is -2.52. The van der Waals surface area contributed by atoms with Gasteiger partial charge in [0.25, 0.3) is 5.69 Å². The molecule has 0 fully saturated rings. The first-order chi connectivity index (χ1) is 14.1. The zero-order valence-corrected chi connectivity index (χ0v) is 18.1. The molecule has 3 rings (SSSR count). The Morgan fingerprint density at radius 1 is 1.23 bits per heavy atom. The number of nitrogens with zero attached hydrogens (tertiary/aromatic N) is 3. The Kier molecular flexibility index (Phi) is 6.12. The summed E-state index contributed by atoms with van der Waals surface area (Å²) >= 11 is 0. The minimum atomic E-state index is -3.88. The lowest BCUT2D eigenvalue weighted by Gasteiger charge is -2.36. The van der Waals surface area contributed by atoms with E-state index in [2.05, 4.69) is 0 Å². The van der Waals surface area contributed by atoms with Crippen LogP contribution in [-0.4, -0.2) is 43.0 Å². The van der Waals surface area contributed by atoms with Gasteiger partial charge in [0.2, 0.25) is 15.9 Å². The standard InChI is InChI=1S/C21H25N3O5S/c1-4-19(21(25)22-12-11-16-7-5-6-8-17(16)14-22)23(30(3,28)29)20-13-18(24(26)27)10-9-15(20)2/h5-10,13,19H,4,11-12,14H2,1-3H3. The van der Waals surface area contributed by atoms with Gasteiger partial charge in [0, 0.05) is 25.2 Å². The van der Waals surface area contributed by atoms with Crippen molar-refractivity contribution in [2.75, 3.05) is 17.1 Å². The van der Waals surface area contributed by atoms with E-state index in [1.165, 1.54) is 23.8 Å². The molecule has 1 heterocycles. The van der Waals surface area contributed by atoms with Gasteiger partial charge < -0.3 is 4.90 Å². The summed E-state index contributed by atoms with van der Waals surface area (Å²) in [6, 6.07) is 10.9. The molecule has 1 aliphatic heterocycles. The van der Waals surface area contributed by atoms with Crippen LogP contribution in [0.15, 0.2) is 42.5 Å². The third kappa shape index (κ3) is 4.30. The second kappa shape index (κ2) is 8.43. The maximum Gasteiger partial charge on any atom is 0.271 e. The molecular formula is C21H25N3O5S. The van der Waals surface area contributed by atoms with Crippen LogP contribution in [0.4, 0.5) is 11.4 Å². The van der Waals surface area contributed by atoms with Gasteiger partial charge in [-0.2, -0.15) is 0 Å². The first kappa shape index (κ1) is 21.8. The van der Waals surface area contributed by atoms with Crippen molar-refractivity contribution in [1.82, 2.24) is 4.90 Å². The highest BCUT2D eigenvalue weighted by atomic mass is 32.2. The van der Waals surface area contributed by atoms with Crippen LogP contribution in [0.5, 0.6) is 0 Å². The van der Waals surface area contributed by atoms with Crippen molar-refractivity contribution < 1.29 is 18.1 Å². The van der Waals surface area contributed by atoms with E-state index in [-0.39, 0.29) is 23.7 Å². The second-order valence-electron chi connectivity index (χ2n) is 7.49. The van der Waals surface area contributed by atoms with Crippen LogP contribution in [0.3, 0.4) is 0 Å². The minimum Gasteiger partial charge on any atom is -0.336 e. The molecule has 0 spiro atoms. The second-order valence-corrected chi connectivity index (χ2v) is 9.35. The van der Waals surface area contributed by atoms with Crippen molar-refractivity contribution in [1.29, 1.82) is 0 Å². The molecule has 0 N–H and O–H groups in total. The van der Waals surface area contributed by atoms with Gasteiger partial charge in [-0.3, -0.25) is 19.2 Å². The Bertz CT molecular complexity index is 1080. The summed E-state index contributed by atoms with van der Waals surface area (Å²) in [4.78, 5) is 25.7. The fourth-order valence-electron chi connectivity index (χ4n) is 3.86. The number of sulfonamides is 1. The van der Waals surface area contributed by atoms with Gasteiger partial charge in [0.15, 0.2) is 0 Å². The number of non-ortho nitro benzene ring substituents is 1. The Morgan fingerprint density at radius 3 is 2.50 bits per heavy atom. The molecule has 0 aromatic heterocycles. The molecule has 2 aromatic carbocycles. The molecule has 0 aliphatic carbocycles. The number of amides is 1. The molecular weight excluding hydrogens is 406 g/mol. The average molecular weight is 432 g/mol. The van der Waals surface area contributed by atoms with Crippen LogP contribution in [0.2, 0.25) is 0 Å². The molecule has 1 amide bonds. The van der Waals surface area contributed by atoms with Crippen molar-refractivity contribution in [3.8, 4) is 0 Å². The van der Waals surface area contributed by atoms with E-state index in [9.17, 15) is 23.3 Å². The van der Waals surface area contributed by atoms with Crippen molar-refractivity contribution in [2.45, 2.75) is 39.3 Å². The predicted molar refractivity (Wildman–Crippen MR) is 115 cm³/mol. The van der Waals surface area contributed by atoms with Crippen LogP contribution >= 0.6 is 0 Å². The molecule has 160 valence electrons. The first-order valence-corrected chi connectivity index (χ1v) is 11.6. The van der Waals surface area contributed by atoms with Crippen molar-refractivity contribution in [2.24, 2.45) is 0 Å². The topological polar surface area (TPSA) is 101 Å². The molecule has 0 radical (unpaired) electrons. The number of rotatable bonds is 6. The van der Waals surface area contributed by atoms with Gasteiger partial charge in [-0.05, 0) is 36.5 Å². The highest BCUT2D eigenvalue weighted by Gasteiger charge is 2.36. The Balaban J connectivity index is 2.00. The number of fused-ring (bicyclic) bond motifs is 1. The number of anilines is 1. The number of nitro groups is 1. The SMILES string of the molecule is CCC(C(=O)N1CCc2ccccc2C1)N(c1cc([N+](=O)[O-])ccc1C)S(C)(=O)=O. The number of hydrogen-bond donors (Lipinski definition) is 0. The molecule has 1 aliphatic rings. The van der Waals surface area contributed by atoms with Crippen LogP contribution in [0, 0.1) is 17.0 Å². The summed E-state index contributed by atoms with van der Waals surface area (Å²) in [5.74, 6) is -0.302. The fraction of sp³-hybridized carbons (Fsp3) is 0.381. The van der Waals surface area contributed by atoms with Gasteiger partial charge in [0.05, 0.1) is 16.9 Å². The molecule has 2 aromatic rings. The summed E-state index contributed by atoms with van der Waals surface area (Å²) in [7, 11) is -3.88. The molecule has 1 unspecified atom stereocenters. The third-order valence-electron chi connectivity index (χ3n) is 5.40. The predicted octanol–water partition coefficient (Wildman–Crippen LogP) is 3.03. The smallest absolute Gasteiger partial charge is 0.271 e. The molecule has 9 heteroatoms. The summed E-state index contributed by atoms with van der Waals surface area (Å²) in [6.07, 6.45) is 1.96. The lowest BCUT2D eigenvalue weighted by atomic mass is 9.99. The number of nitro benzene ring substituents is 1. The zero-order valence-electron chi connectivity index (χ0n) is 17.2. The minimum absolute atomic E-state index is 0.157.